The molecule has 0 heterocycles. The number of ketones is 1. The smallest absolute Gasteiger partial charge is 0.220 e. The van der Waals surface area contributed by atoms with Crippen molar-refractivity contribution >= 4 is 17.6 Å². The fraction of sp³-hybridized carbons (Fsp3) is 0.812. The zero-order valence-corrected chi connectivity index (χ0v) is 13.4. The molecule has 0 atom stereocenters. The van der Waals surface area contributed by atoms with E-state index in [9.17, 15) is 14.4 Å². The van der Waals surface area contributed by atoms with Crippen LogP contribution in [0.5, 0.6) is 0 Å². The van der Waals surface area contributed by atoms with E-state index in [2.05, 4.69) is 10.6 Å². The molecule has 0 radical (unpaired) electrons. The predicted octanol–water partition coefficient (Wildman–Crippen LogP) is 0.462. The van der Waals surface area contributed by atoms with Crippen molar-refractivity contribution in [2.45, 2.75) is 51.0 Å². The Morgan fingerprint density at radius 3 is 2.36 bits per heavy atom. The first-order chi connectivity index (χ1) is 10.5. The Hall–Kier alpha value is -1.43. The number of carbonyl (C=O) groups excluding carboxylic acids is 3. The van der Waals surface area contributed by atoms with Gasteiger partial charge in [0.05, 0.1) is 6.54 Å². The van der Waals surface area contributed by atoms with Crippen LogP contribution in [0.3, 0.4) is 0 Å². The summed E-state index contributed by atoms with van der Waals surface area (Å²) in [5, 5.41) is 5.65. The van der Waals surface area contributed by atoms with Crippen molar-refractivity contribution in [1.29, 1.82) is 0 Å². The summed E-state index contributed by atoms with van der Waals surface area (Å²) in [6.45, 7) is 1.61. The molecule has 0 spiro atoms. The molecule has 2 N–H and O–H groups in total. The van der Waals surface area contributed by atoms with Crippen LogP contribution in [0.1, 0.15) is 44.9 Å². The molecule has 0 aromatic heterocycles. The van der Waals surface area contributed by atoms with Crippen molar-refractivity contribution in [3.63, 3.8) is 0 Å². The van der Waals surface area contributed by atoms with Crippen LogP contribution in [0.15, 0.2) is 0 Å². The van der Waals surface area contributed by atoms with Crippen molar-refractivity contribution in [2.75, 3.05) is 26.7 Å². The number of amides is 2. The third kappa shape index (κ3) is 7.54. The van der Waals surface area contributed by atoms with Gasteiger partial charge in [0.15, 0.2) is 0 Å². The average molecular weight is 309 g/mol. The zero-order chi connectivity index (χ0) is 15.9. The minimum Gasteiger partial charge on any atom is -0.355 e. The molecule has 2 rings (SSSR count). The lowest BCUT2D eigenvalue weighted by atomic mass is 10.2. The summed E-state index contributed by atoms with van der Waals surface area (Å²) in [7, 11) is 1.89. The van der Waals surface area contributed by atoms with Crippen molar-refractivity contribution in [3.05, 3.63) is 0 Å². The van der Waals surface area contributed by atoms with Gasteiger partial charge in [-0.2, -0.15) is 0 Å². The Labute approximate surface area is 132 Å². The second-order valence-corrected chi connectivity index (χ2v) is 6.62. The van der Waals surface area contributed by atoms with Gasteiger partial charge in [-0.1, -0.05) is 0 Å². The van der Waals surface area contributed by atoms with E-state index in [1.807, 2.05) is 11.9 Å². The standard InChI is InChI=1S/C16H27N3O3/c1-19(11-14(20)10-12-2-3-12)9-8-17-15(21)6-7-16(22)18-13-4-5-13/h12-13H,2-11H2,1H3,(H,17,21)(H,18,22). The highest BCUT2D eigenvalue weighted by atomic mass is 16.2. The molecule has 124 valence electrons. The summed E-state index contributed by atoms with van der Waals surface area (Å²) in [4.78, 5) is 36.7. The maximum atomic E-state index is 11.7. The average Bonchev–Trinajstić information content (AvgIpc) is 3.33. The minimum atomic E-state index is -0.108. The van der Waals surface area contributed by atoms with E-state index in [4.69, 9.17) is 0 Å². The number of nitrogens with zero attached hydrogens (tertiary/aromatic N) is 1. The van der Waals surface area contributed by atoms with Crippen molar-refractivity contribution in [3.8, 4) is 0 Å². The molecule has 0 aromatic rings. The molecule has 0 saturated heterocycles. The molecule has 0 unspecified atom stereocenters. The van der Waals surface area contributed by atoms with Crippen LogP contribution in [0.2, 0.25) is 0 Å². The SMILES string of the molecule is CN(CCNC(=O)CCC(=O)NC1CC1)CC(=O)CC1CC1. The van der Waals surface area contributed by atoms with E-state index in [-0.39, 0.29) is 30.4 Å². The molecule has 6 nitrogen and oxygen atoms in total. The first-order valence-corrected chi connectivity index (χ1v) is 8.29. The normalized spacial score (nSPS) is 17.4. The van der Waals surface area contributed by atoms with Crippen LogP contribution in [0.4, 0.5) is 0 Å². The highest BCUT2D eigenvalue weighted by Gasteiger charge is 2.24. The second-order valence-electron chi connectivity index (χ2n) is 6.62. The van der Waals surface area contributed by atoms with Crippen LogP contribution in [0.25, 0.3) is 0 Å². The number of hydrogen-bond donors (Lipinski definition) is 2. The van der Waals surface area contributed by atoms with Crippen LogP contribution >= 0.6 is 0 Å². The summed E-state index contributed by atoms with van der Waals surface area (Å²) < 4.78 is 0. The van der Waals surface area contributed by atoms with Crippen LogP contribution in [0, 0.1) is 5.92 Å². The Kier molecular flexibility index (Phi) is 6.36. The van der Waals surface area contributed by atoms with Gasteiger partial charge in [0.1, 0.15) is 5.78 Å². The lowest BCUT2D eigenvalue weighted by Crippen LogP contribution is -2.36. The monoisotopic (exact) mass is 309 g/mol. The third-order valence-electron chi connectivity index (χ3n) is 4.00. The number of hydrogen-bond acceptors (Lipinski definition) is 4. The van der Waals surface area contributed by atoms with E-state index in [1.54, 1.807) is 0 Å². The van der Waals surface area contributed by atoms with Crippen LogP contribution in [-0.2, 0) is 14.4 Å². The van der Waals surface area contributed by atoms with Gasteiger partial charge >= 0.3 is 0 Å². The molecule has 2 aliphatic rings. The Morgan fingerprint density at radius 2 is 1.73 bits per heavy atom. The molecule has 2 saturated carbocycles. The summed E-state index contributed by atoms with van der Waals surface area (Å²) in [6, 6.07) is 0.345. The summed E-state index contributed by atoms with van der Waals surface area (Å²) in [5.41, 5.74) is 0. The Morgan fingerprint density at radius 1 is 1.05 bits per heavy atom. The van der Waals surface area contributed by atoms with E-state index in [0.29, 0.717) is 38.0 Å². The molecule has 0 aromatic carbocycles. The van der Waals surface area contributed by atoms with Gasteiger partial charge < -0.3 is 10.6 Å². The number of rotatable bonds is 11. The third-order valence-corrected chi connectivity index (χ3v) is 4.00. The van der Waals surface area contributed by atoms with E-state index in [1.165, 1.54) is 12.8 Å². The largest absolute Gasteiger partial charge is 0.355 e. The molecule has 0 aliphatic heterocycles. The van der Waals surface area contributed by atoms with E-state index < -0.39 is 0 Å². The second kappa shape index (κ2) is 8.27. The van der Waals surface area contributed by atoms with Gasteiger partial charge in [0, 0.05) is 38.4 Å². The van der Waals surface area contributed by atoms with Crippen molar-refractivity contribution in [2.24, 2.45) is 5.92 Å². The molecule has 6 heteroatoms. The van der Waals surface area contributed by atoms with Gasteiger partial charge in [-0.15, -0.1) is 0 Å². The number of Topliss-reactive ketones (excluding diaryl/α,β-unsaturated/α-hetero) is 1. The van der Waals surface area contributed by atoms with E-state index >= 15 is 0 Å². The Balaban J connectivity index is 1.46. The minimum absolute atomic E-state index is 0.0413. The lowest BCUT2D eigenvalue weighted by Gasteiger charge is -2.16. The first-order valence-electron chi connectivity index (χ1n) is 8.29. The van der Waals surface area contributed by atoms with Gasteiger partial charge in [0.2, 0.25) is 11.8 Å². The molecular weight excluding hydrogens is 282 g/mol. The van der Waals surface area contributed by atoms with E-state index in [0.717, 1.165) is 12.8 Å². The summed E-state index contributed by atoms with van der Waals surface area (Å²) in [6.07, 6.45) is 5.68. The summed E-state index contributed by atoms with van der Waals surface area (Å²) >= 11 is 0. The topological polar surface area (TPSA) is 78.5 Å². The number of carbonyl (C=O) groups is 3. The Bertz CT molecular complexity index is 417. The fourth-order valence-electron chi connectivity index (χ4n) is 2.32. The highest BCUT2D eigenvalue weighted by molar-refractivity contribution is 5.84. The molecule has 0 bridgehead atoms. The van der Waals surface area contributed by atoms with Gasteiger partial charge in [0.25, 0.3) is 0 Å². The number of nitrogens with one attached hydrogen (secondary N) is 2. The first kappa shape index (κ1) is 16.9. The van der Waals surface area contributed by atoms with Crippen LogP contribution in [-0.4, -0.2) is 55.2 Å². The zero-order valence-electron chi connectivity index (χ0n) is 13.4. The summed E-state index contributed by atoms with van der Waals surface area (Å²) in [5.74, 6) is 0.763. The van der Waals surface area contributed by atoms with Crippen molar-refractivity contribution in [1.82, 2.24) is 15.5 Å². The van der Waals surface area contributed by atoms with Gasteiger partial charge in [-0.05, 0) is 38.6 Å². The highest BCUT2D eigenvalue weighted by Crippen LogP contribution is 2.32. The predicted molar refractivity (Wildman–Crippen MR) is 83.3 cm³/mol. The quantitative estimate of drug-likeness (QED) is 0.581. The molecule has 2 aliphatic carbocycles. The lowest BCUT2D eigenvalue weighted by molar-refractivity contribution is -0.126. The molecule has 22 heavy (non-hydrogen) atoms. The fourth-order valence-corrected chi connectivity index (χ4v) is 2.32. The maximum Gasteiger partial charge on any atom is 0.220 e. The van der Waals surface area contributed by atoms with Gasteiger partial charge in [-0.3, -0.25) is 19.3 Å². The number of likely N-dealkylation sites (N-methyl/N-ethyl adjacent to an activating group) is 1. The van der Waals surface area contributed by atoms with Crippen molar-refractivity contribution < 1.29 is 14.4 Å². The maximum absolute atomic E-state index is 11.7. The molecular formula is C16H27N3O3. The van der Waals surface area contributed by atoms with Crippen LogP contribution < -0.4 is 10.6 Å². The molecule has 2 amide bonds. The van der Waals surface area contributed by atoms with Gasteiger partial charge in [-0.25, -0.2) is 0 Å². The molecule has 2 fully saturated rings.